The fourth-order valence-electron chi connectivity index (χ4n) is 2.96. The number of rotatable bonds is 4. The van der Waals surface area contributed by atoms with Crippen LogP contribution in [-0.2, 0) is 0 Å². The summed E-state index contributed by atoms with van der Waals surface area (Å²) in [6.07, 6.45) is 3.31. The van der Waals surface area contributed by atoms with Crippen molar-refractivity contribution < 1.29 is 4.39 Å². The van der Waals surface area contributed by atoms with Crippen molar-refractivity contribution in [1.82, 2.24) is 9.97 Å². The van der Waals surface area contributed by atoms with Gasteiger partial charge in [-0.2, -0.15) is 0 Å². The molecule has 0 spiro atoms. The molecule has 3 heterocycles. The normalized spacial score (nSPS) is 18.5. The summed E-state index contributed by atoms with van der Waals surface area (Å²) in [5.41, 5.74) is 2.82. The van der Waals surface area contributed by atoms with Crippen LogP contribution in [0, 0.1) is 6.92 Å². The van der Waals surface area contributed by atoms with E-state index in [1.807, 2.05) is 36.9 Å². The van der Waals surface area contributed by atoms with Crippen molar-refractivity contribution in [2.45, 2.75) is 39.3 Å². The third kappa shape index (κ3) is 4.34. The first kappa shape index (κ1) is 17.8. The Morgan fingerprint density at radius 3 is 2.88 bits per heavy atom. The smallest absolute Gasteiger partial charge is 0.156 e. The first-order valence-corrected chi connectivity index (χ1v) is 9.00. The SMILES string of the molecule is CCC(=Nc1nc(Cl)ccc1C)c1ccc(N2CCCC(F)C2)nc1. The van der Waals surface area contributed by atoms with Crippen molar-refractivity contribution >= 4 is 28.9 Å². The minimum absolute atomic E-state index is 0.423. The van der Waals surface area contributed by atoms with Gasteiger partial charge in [0.1, 0.15) is 17.1 Å². The predicted octanol–water partition coefficient (Wildman–Crippen LogP) is 4.91. The third-order valence-corrected chi connectivity index (χ3v) is 4.59. The maximum Gasteiger partial charge on any atom is 0.156 e. The molecule has 1 saturated heterocycles. The quantitative estimate of drug-likeness (QED) is 0.574. The molecular formula is C19H22ClFN4. The molecule has 0 amide bonds. The molecule has 132 valence electrons. The fraction of sp³-hybridized carbons (Fsp3) is 0.421. The van der Waals surface area contributed by atoms with E-state index >= 15 is 0 Å². The average Bonchev–Trinajstić information content (AvgIpc) is 2.62. The van der Waals surface area contributed by atoms with Crippen molar-refractivity contribution in [3.63, 3.8) is 0 Å². The van der Waals surface area contributed by atoms with E-state index in [0.717, 1.165) is 42.0 Å². The van der Waals surface area contributed by atoms with Gasteiger partial charge in [0.15, 0.2) is 5.82 Å². The molecule has 4 nitrogen and oxygen atoms in total. The number of alkyl halides is 1. The molecule has 25 heavy (non-hydrogen) atoms. The van der Waals surface area contributed by atoms with E-state index in [1.165, 1.54) is 0 Å². The van der Waals surface area contributed by atoms with Crippen LogP contribution in [0.3, 0.4) is 0 Å². The minimum atomic E-state index is -0.764. The number of aryl methyl sites for hydroxylation is 1. The van der Waals surface area contributed by atoms with E-state index < -0.39 is 6.17 Å². The molecule has 0 saturated carbocycles. The standard InChI is InChI=1S/C19H22ClFN4/c1-3-16(23-19-13(2)6-8-17(20)24-19)14-7-9-18(22-11-14)25-10-4-5-15(21)12-25/h6-9,11,15H,3-5,10,12H2,1-2H3. The van der Waals surface area contributed by atoms with Gasteiger partial charge in [-0.05, 0) is 49.9 Å². The van der Waals surface area contributed by atoms with Crippen LogP contribution < -0.4 is 4.90 Å². The molecular weight excluding hydrogens is 339 g/mol. The number of nitrogens with zero attached hydrogens (tertiary/aromatic N) is 4. The lowest BCUT2D eigenvalue weighted by atomic mass is 10.1. The summed E-state index contributed by atoms with van der Waals surface area (Å²) in [6, 6.07) is 7.60. The molecule has 2 aromatic rings. The van der Waals surface area contributed by atoms with Gasteiger partial charge in [-0.25, -0.2) is 19.4 Å². The maximum absolute atomic E-state index is 13.6. The Bertz CT molecular complexity index is 761. The zero-order chi connectivity index (χ0) is 17.8. The fourth-order valence-corrected chi connectivity index (χ4v) is 3.10. The van der Waals surface area contributed by atoms with Gasteiger partial charge in [-0.3, -0.25) is 0 Å². The van der Waals surface area contributed by atoms with Crippen molar-refractivity contribution in [3.8, 4) is 0 Å². The topological polar surface area (TPSA) is 41.4 Å². The van der Waals surface area contributed by atoms with E-state index in [9.17, 15) is 4.39 Å². The Kier molecular flexibility index (Phi) is 5.63. The second kappa shape index (κ2) is 7.91. The van der Waals surface area contributed by atoms with Crippen LogP contribution >= 0.6 is 11.6 Å². The Hall–Kier alpha value is -2.01. The van der Waals surface area contributed by atoms with Gasteiger partial charge >= 0.3 is 0 Å². The Morgan fingerprint density at radius 1 is 1.36 bits per heavy atom. The zero-order valence-electron chi connectivity index (χ0n) is 14.5. The van der Waals surface area contributed by atoms with Gasteiger partial charge in [0, 0.05) is 18.3 Å². The van der Waals surface area contributed by atoms with Gasteiger partial charge in [0.05, 0.1) is 12.3 Å². The van der Waals surface area contributed by atoms with E-state index in [-0.39, 0.29) is 0 Å². The molecule has 1 atom stereocenters. The number of halogens is 2. The van der Waals surface area contributed by atoms with E-state index in [0.29, 0.717) is 23.9 Å². The summed E-state index contributed by atoms with van der Waals surface area (Å²) in [5.74, 6) is 1.45. The molecule has 3 rings (SSSR count). The van der Waals surface area contributed by atoms with E-state index in [4.69, 9.17) is 11.6 Å². The van der Waals surface area contributed by atoms with Gasteiger partial charge in [0.2, 0.25) is 0 Å². The number of pyridine rings is 2. The Labute approximate surface area is 152 Å². The van der Waals surface area contributed by atoms with Crippen molar-refractivity contribution in [3.05, 3.63) is 46.7 Å². The molecule has 0 N–H and O–H groups in total. The van der Waals surface area contributed by atoms with Crippen molar-refractivity contribution in [2.24, 2.45) is 4.99 Å². The summed E-state index contributed by atoms with van der Waals surface area (Å²) in [5, 5.41) is 0.430. The highest BCUT2D eigenvalue weighted by molar-refractivity contribution is 6.29. The first-order valence-electron chi connectivity index (χ1n) is 8.63. The largest absolute Gasteiger partial charge is 0.354 e. The summed E-state index contributed by atoms with van der Waals surface area (Å²) in [7, 11) is 0. The average molecular weight is 361 g/mol. The van der Waals surface area contributed by atoms with Crippen LogP contribution in [0.25, 0.3) is 0 Å². The number of piperidine rings is 1. The highest BCUT2D eigenvalue weighted by Gasteiger charge is 2.20. The predicted molar refractivity (Wildman–Crippen MR) is 101 cm³/mol. The Morgan fingerprint density at radius 2 is 2.20 bits per heavy atom. The molecule has 0 bridgehead atoms. The number of hydrogen-bond donors (Lipinski definition) is 0. The van der Waals surface area contributed by atoms with Crippen LogP contribution in [0.1, 0.15) is 37.3 Å². The minimum Gasteiger partial charge on any atom is -0.354 e. The highest BCUT2D eigenvalue weighted by Crippen LogP contribution is 2.22. The Balaban J connectivity index is 1.84. The van der Waals surface area contributed by atoms with E-state index in [2.05, 4.69) is 15.0 Å². The second-order valence-corrected chi connectivity index (χ2v) is 6.66. The zero-order valence-corrected chi connectivity index (χ0v) is 15.3. The van der Waals surface area contributed by atoms with Crippen molar-refractivity contribution in [2.75, 3.05) is 18.0 Å². The lowest BCUT2D eigenvalue weighted by Gasteiger charge is -2.30. The molecule has 2 aromatic heterocycles. The first-order chi connectivity index (χ1) is 12.1. The number of anilines is 1. The van der Waals surface area contributed by atoms with Crippen molar-refractivity contribution in [1.29, 1.82) is 0 Å². The summed E-state index contributed by atoms with van der Waals surface area (Å²) in [4.78, 5) is 15.5. The van der Waals surface area contributed by atoms with Gasteiger partial charge in [-0.1, -0.05) is 24.6 Å². The summed E-state index contributed by atoms with van der Waals surface area (Å²) in [6.45, 7) is 5.28. The number of aliphatic imine (C=N–C) groups is 1. The molecule has 6 heteroatoms. The lowest BCUT2D eigenvalue weighted by molar-refractivity contribution is 0.286. The molecule has 1 fully saturated rings. The molecule has 0 aromatic carbocycles. The number of aromatic nitrogens is 2. The molecule has 0 aliphatic carbocycles. The lowest BCUT2D eigenvalue weighted by Crippen LogP contribution is -2.36. The van der Waals surface area contributed by atoms with Crippen LogP contribution in [0.4, 0.5) is 16.0 Å². The van der Waals surface area contributed by atoms with Crippen LogP contribution in [0.5, 0.6) is 0 Å². The molecule has 1 aliphatic heterocycles. The van der Waals surface area contributed by atoms with Crippen LogP contribution in [0.15, 0.2) is 35.5 Å². The monoisotopic (exact) mass is 360 g/mol. The molecule has 1 aliphatic rings. The van der Waals surface area contributed by atoms with Gasteiger partial charge < -0.3 is 4.90 Å². The molecule has 1 unspecified atom stereocenters. The van der Waals surface area contributed by atoms with Crippen LogP contribution in [0.2, 0.25) is 5.15 Å². The summed E-state index contributed by atoms with van der Waals surface area (Å²) < 4.78 is 13.6. The van der Waals surface area contributed by atoms with Crippen LogP contribution in [-0.4, -0.2) is 34.9 Å². The third-order valence-electron chi connectivity index (χ3n) is 4.38. The maximum atomic E-state index is 13.6. The van der Waals surface area contributed by atoms with Gasteiger partial charge in [0.25, 0.3) is 0 Å². The molecule has 0 radical (unpaired) electrons. The highest BCUT2D eigenvalue weighted by atomic mass is 35.5. The van der Waals surface area contributed by atoms with E-state index in [1.54, 1.807) is 12.3 Å². The van der Waals surface area contributed by atoms with Gasteiger partial charge in [-0.15, -0.1) is 0 Å². The number of hydrogen-bond acceptors (Lipinski definition) is 4. The second-order valence-electron chi connectivity index (χ2n) is 6.28. The summed E-state index contributed by atoms with van der Waals surface area (Å²) >= 11 is 5.98.